The van der Waals surface area contributed by atoms with Crippen LogP contribution in [0.1, 0.15) is 30.7 Å². The topological polar surface area (TPSA) is 97.1 Å². The van der Waals surface area contributed by atoms with Crippen LogP contribution in [-0.2, 0) is 13.1 Å². The summed E-state index contributed by atoms with van der Waals surface area (Å²) in [6, 6.07) is 5.66. The van der Waals surface area contributed by atoms with Gasteiger partial charge in [0.2, 0.25) is 0 Å². The molecular weight excluding hydrogens is 415 g/mol. The van der Waals surface area contributed by atoms with Gasteiger partial charge in [0.15, 0.2) is 0 Å². The lowest BCUT2D eigenvalue weighted by molar-refractivity contribution is 0.107. The maximum absolute atomic E-state index is 12.6. The number of halogens is 2. The Morgan fingerprint density at radius 2 is 2.07 bits per heavy atom. The fraction of sp³-hybridized carbons (Fsp3) is 0.526. The van der Waals surface area contributed by atoms with Gasteiger partial charge in [-0.25, -0.2) is 14.7 Å². The summed E-state index contributed by atoms with van der Waals surface area (Å²) in [5, 5.41) is 10.1. The third kappa shape index (κ3) is 4.76. The molecule has 3 heterocycles. The van der Waals surface area contributed by atoms with E-state index >= 15 is 0 Å². The molecule has 2 aromatic rings. The summed E-state index contributed by atoms with van der Waals surface area (Å²) in [4.78, 5) is 30.5. The number of benzene rings is 1. The van der Waals surface area contributed by atoms with E-state index in [1.165, 1.54) is 0 Å². The number of amides is 2. The minimum absolute atomic E-state index is 0.115. The molecule has 4 rings (SSSR count). The zero-order valence-electron chi connectivity index (χ0n) is 16.0. The van der Waals surface area contributed by atoms with E-state index in [1.54, 1.807) is 0 Å². The lowest BCUT2D eigenvalue weighted by atomic mass is 9.79. The molecule has 1 unspecified atom stereocenters. The predicted molar refractivity (Wildman–Crippen MR) is 111 cm³/mol. The minimum atomic E-state index is -0.376. The lowest BCUT2D eigenvalue weighted by Crippen LogP contribution is -2.50. The molecule has 0 saturated carbocycles. The van der Waals surface area contributed by atoms with Gasteiger partial charge in [-0.05, 0) is 43.5 Å². The number of urea groups is 1. The standard InChI is InChI=1S/C19H24Cl2N6O2/c20-14-3-2-13(8-15(14)21)10-26-7-5-19(11-26)4-1-6-27(12-19)18(29)22-9-16-23-17(28)25-24-16/h2-3,8H,1,4-7,9-12H2,(H,22,29)(H2,23,24,25,28). The Morgan fingerprint density at radius 1 is 1.21 bits per heavy atom. The first kappa shape index (κ1) is 20.3. The van der Waals surface area contributed by atoms with Crippen molar-refractivity contribution < 1.29 is 4.79 Å². The van der Waals surface area contributed by atoms with Gasteiger partial charge in [0, 0.05) is 31.6 Å². The van der Waals surface area contributed by atoms with Gasteiger partial charge >= 0.3 is 11.7 Å². The van der Waals surface area contributed by atoms with Crippen molar-refractivity contribution >= 4 is 29.2 Å². The fourth-order valence-electron chi connectivity index (χ4n) is 4.43. The minimum Gasteiger partial charge on any atom is -0.331 e. The van der Waals surface area contributed by atoms with Gasteiger partial charge in [-0.2, -0.15) is 5.10 Å². The zero-order valence-corrected chi connectivity index (χ0v) is 17.5. The second-order valence-electron chi connectivity index (χ2n) is 8.02. The quantitative estimate of drug-likeness (QED) is 0.683. The van der Waals surface area contributed by atoms with Crippen molar-refractivity contribution in [2.24, 2.45) is 5.41 Å². The third-order valence-corrected chi connectivity index (χ3v) is 6.55. The summed E-state index contributed by atoms with van der Waals surface area (Å²) in [6.07, 6.45) is 3.19. The van der Waals surface area contributed by atoms with Gasteiger partial charge in [0.1, 0.15) is 5.82 Å². The number of H-pyrrole nitrogens is 2. The van der Waals surface area contributed by atoms with Crippen LogP contribution in [0.3, 0.4) is 0 Å². The van der Waals surface area contributed by atoms with Crippen molar-refractivity contribution in [2.45, 2.75) is 32.4 Å². The first-order valence-electron chi connectivity index (χ1n) is 9.75. The van der Waals surface area contributed by atoms with Crippen LogP contribution in [0.25, 0.3) is 0 Å². The van der Waals surface area contributed by atoms with E-state index in [-0.39, 0.29) is 23.7 Å². The predicted octanol–water partition coefficient (Wildman–Crippen LogP) is 2.60. The molecule has 10 heteroatoms. The van der Waals surface area contributed by atoms with Crippen molar-refractivity contribution in [1.29, 1.82) is 0 Å². The van der Waals surface area contributed by atoms with Crippen LogP contribution in [-0.4, -0.2) is 57.2 Å². The maximum atomic E-state index is 12.6. The van der Waals surface area contributed by atoms with E-state index < -0.39 is 0 Å². The highest BCUT2D eigenvalue weighted by Gasteiger charge is 2.42. The number of likely N-dealkylation sites (tertiary alicyclic amines) is 2. The van der Waals surface area contributed by atoms with E-state index in [0.717, 1.165) is 57.5 Å². The van der Waals surface area contributed by atoms with Gasteiger partial charge in [-0.1, -0.05) is 29.3 Å². The van der Waals surface area contributed by atoms with E-state index in [2.05, 4.69) is 25.4 Å². The Labute approximate surface area is 178 Å². The molecule has 1 atom stereocenters. The third-order valence-electron chi connectivity index (χ3n) is 5.81. The van der Waals surface area contributed by atoms with Crippen molar-refractivity contribution in [2.75, 3.05) is 26.2 Å². The normalized spacial score (nSPS) is 22.3. The molecule has 2 aliphatic rings. The first-order chi connectivity index (χ1) is 13.9. The highest BCUT2D eigenvalue weighted by atomic mass is 35.5. The van der Waals surface area contributed by atoms with Gasteiger partial charge < -0.3 is 10.2 Å². The Morgan fingerprint density at radius 3 is 2.83 bits per heavy atom. The number of rotatable bonds is 4. The first-order valence-corrected chi connectivity index (χ1v) is 10.5. The SMILES string of the molecule is O=C(NCc1n[nH]c(=O)[nH]1)N1CCCC2(CCN(Cc3ccc(Cl)c(Cl)c3)C2)C1. The fourth-order valence-corrected chi connectivity index (χ4v) is 4.75. The summed E-state index contributed by atoms with van der Waals surface area (Å²) in [5.74, 6) is 0.420. The Balaban J connectivity index is 1.33. The molecule has 2 aliphatic heterocycles. The summed E-state index contributed by atoms with van der Waals surface area (Å²) in [6.45, 7) is 4.49. The van der Waals surface area contributed by atoms with Crippen molar-refractivity contribution in [3.05, 3.63) is 50.1 Å². The van der Waals surface area contributed by atoms with Crippen LogP contribution in [0.5, 0.6) is 0 Å². The second kappa shape index (κ2) is 8.38. The van der Waals surface area contributed by atoms with E-state index in [0.29, 0.717) is 15.9 Å². The summed E-state index contributed by atoms with van der Waals surface area (Å²) in [5.41, 5.74) is 0.904. The number of carbonyl (C=O) groups is 1. The maximum Gasteiger partial charge on any atom is 0.340 e. The van der Waals surface area contributed by atoms with E-state index in [9.17, 15) is 9.59 Å². The van der Waals surface area contributed by atoms with Gasteiger partial charge in [-0.15, -0.1) is 0 Å². The molecule has 3 N–H and O–H groups in total. The smallest absolute Gasteiger partial charge is 0.331 e. The van der Waals surface area contributed by atoms with Crippen LogP contribution < -0.4 is 11.0 Å². The number of nitrogens with zero attached hydrogens (tertiary/aromatic N) is 3. The lowest BCUT2D eigenvalue weighted by Gasteiger charge is -2.40. The summed E-state index contributed by atoms with van der Waals surface area (Å²) < 4.78 is 0. The summed E-state index contributed by atoms with van der Waals surface area (Å²) >= 11 is 12.2. The van der Waals surface area contributed by atoms with Gasteiger partial charge in [-0.3, -0.25) is 9.88 Å². The number of aromatic nitrogens is 3. The molecule has 2 saturated heterocycles. The monoisotopic (exact) mass is 438 g/mol. The van der Waals surface area contributed by atoms with Crippen molar-refractivity contribution in [3.8, 4) is 0 Å². The number of piperidine rings is 1. The molecule has 1 aromatic heterocycles. The highest BCUT2D eigenvalue weighted by Crippen LogP contribution is 2.39. The number of hydrogen-bond donors (Lipinski definition) is 3. The molecule has 1 spiro atoms. The van der Waals surface area contributed by atoms with Gasteiger partial charge in [0.05, 0.1) is 16.6 Å². The van der Waals surface area contributed by atoms with Gasteiger partial charge in [0.25, 0.3) is 0 Å². The molecule has 0 bridgehead atoms. The molecule has 2 fully saturated rings. The molecule has 29 heavy (non-hydrogen) atoms. The Kier molecular flexibility index (Phi) is 5.85. The highest BCUT2D eigenvalue weighted by molar-refractivity contribution is 6.42. The average Bonchev–Trinajstić information content (AvgIpc) is 3.29. The number of aromatic amines is 2. The molecule has 2 amide bonds. The van der Waals surface area contributed by atoms with E-state index in [1.807, 2.05) is 23.1 Å². The number of carbonyl (C=O) groups excluding carboxylic acids is 1. The van der Waals surface area contributed by atoms with Crippen LogP contribution in [0, 0.1) is 5.41 Å². The number of nitrogens with one attached hydrogen (secondary N) is 3. The average molecular weight is 439 g/mol. The largest absolute Gasteiger partial charge is 0.340 e. The molecular formula is C19H24Cl2N6O2. The van der Waals surface area contributed by atoms with E-state index in [4.69, 9.17) is 23.2 Å². The number of hydrogen-bond acceptors (Lipinski definition) is 4. The molecule has 8 nitrogen and oxygen atoms in total. The van der Waals surface area contributed by atoms with Crippen LogP contribution >= 0.6 is 23.2 Å². The zero-order chi connectivity index (χ0) is 20.4. The Hall–Kier alpha value is -2.03. The second-order valence-corrected chi connectivity index (χ2v) is 8.83. The van der Waals surface area contributed by atoms with Crippen LogP contribution in [0.2, 0.25) is 10.0 Å². The Bertz CT molecular complexity index is 945. The molecule has 156 valence electrons. The summed E-state index contributed by atoms with van der Waals surface area (Å²) in [7, 11) is 0. The van der Waals surface area contributed by atoms with Crippen LogP contribution in [0.4, 0.5) is 4.79 Å². The van der Waals surface area contributed by atoms with Crippen molar-refractivity contribution in [1.82, 2.24) is 30.3 Å². The molecule has 0 radical (unpaired) electrons. The van der Waals surface area contributed by atoms with Crippen LogP contribution in [0.15, 0.2) is 23.0 Å². The molecule has 0 aliphatic carbocycles. The van der Waals surface area contributed by atoms with Crippen molar-refractivity contribution in [3.63, 3.8) is 0 Å². The molecule has 1 aromatic carbocycles.